The molecule has 3 nitrogen and oxygen atoms in total. The molecule has 0 fully saturated rings. The quantitative estimate of drug-likeness (QED) is 0.685. The van der Waals surface area contributed by atoms with Gasteiger partial charge in [0.15, 0.2) is 0 Å². The van der Waals surface area contributed by atoms with Crippen LogP contribution in [0.4, 0.5) is 0 Å². The van der Waals surface area contributed by atoms with Crippen LogP contribution in [0.2, 0.25) is 0 Å². The van der Waals surface area contributed by atoms with Gasteiger partial charge in [-0.2, -0.15) is 0 Å². The molecule has 0 saturated carbocycles. The minimum absolute atomic E-state index is 0.557. The van der Waals surface area contributed by atoms with E-state index in [1.807, 2.05) is 6.07 Å². The number of imidazole rings is 1. The number of hydrogen-bond donors (Lipinski definition) is 0. The third kappa shape index (κ3) is 2.18. The zero-order chi connectivity index (χ0) is 14.1. The van der Waals surface area contributed by atoms with Crippen molar-refractivity contribution in [2.45, 2.75) is 20.3 Å². The van der Waals surface area contributed by atoms with Gasteiger partial charge >= 0.3 is 0 Å². The molecule has 0 N–H and O–H groups in total. The minimum atomic E-state index is 0.557. The van der Waals surface area contributed by atoms with Gasteiger partial charge in [0.2, 0.25) is 0 Å². The zero-order valence-corrected chi connectivity index (χ0v) is 12.4. The number of halogens is 1. The molecule has 3 aromatic rings. The molecule has 102 valence electrons. The first-order valence-electron chi connectivity index (χ1n) is 6.65. The van der Waals surface area contributed by atoms with Gasteiger partial charge in [-0.1, -0.05) is 12.1 Å². The molecule has 1 aromatic carbocycles. The second-order valence-electron chi connectivity index (χ2n) is 4.96. The van der Waals surface area contributed by atoms with Crippen LogP contribution in [0.5, 0.6) is 0 Å². The topological polar surface area (TPSA) is 30.7 Å². The fourth-order valence-corrected chi connectivity index (χ4v) is 2.63. The molecule has 0 saturated heterocycles. The zero-order valence-electron chi connectivity index (χ0n) is 11.6. The summed E-state index contributed by atoms with van der Waals surface area (Å²) >= 11 is 5.93. The van der Waals surface area contributed by atoms with Gasteiger partial charge in [-0.25, -0.2) is 4.98 Å². The molecule has 2 heterocycles. The third-order valence-electron chi connectivity index (χ3n) is 3.45. The van der Waals surface area contributed by atoms with Crippen molar-refractivity contribution >= 4 is 22.6 Å². The number of rotatable bonds is 3. The molecular weight excluding hydrogens is 270 g/mol. The molecule has 0 radical (unpaired) electrons. The minimum Gasteiger partial charge on any atom is -0.296 e. The molecule has 3 rings (SSSR count). The fraction of sp³-hybridized carbons (Fsp3) is 0.250. The van der Waals surface area contributed by atoms with E-state index >= 15 is 0 Å². The highest BCUT2D eigenvalue weighted by atomic mass is 35.5. The van der Waals surface area contributed by atoms with Crippen LogP contribution in [-0.4, -0.2) is 20.4 Å². The number of nitrogens with zero attached hydrogens (tertiary/aromatic N) is 3. The number of aromatic nitrogens is 3. The van der Waals surface area contributed by atoms with Crippen molar-refractivity contribution in [3.05, 3.63) is 53.6 Å². The van der Waals surface area contributed by atoms with Crippen LogP contribution in [-0.2, 0) is 6.42 Å². The summed E-state index contributed by atoms with van der Waals surface area (Å²) in [5, 5.41) is 0. The lowest BCUT2D eigenvalue weighted by atomic mass is 10.1. The number of pyridine rings is 1. The van der Waals surface area contributed by atoms with Crippen molar-refractivity contribution in [1.82, 2.24) is 14.5 Å². The number of fused-ring (bicyclic) bond motifs is 1. The predicted molar refractivity (Wildman–Crippen MR) is 82.8 cm³/mol. The molecule has 0 atom stereocenters. The SMILES string of the molecule is Cc1ccc(C)c(-n2c(CCCl)nc3cnccc32)c1. The molecule has 0 aliphatic carbocycles. The van der Waals surface area contributed by atoms with Crippen LogP contribution < -0.4 is 0 Å². The lowest BCUT2D eigenvalue weighted by molar-refractivity contribution is 0.906. The molecular formula is C16H16ClN3. The average molecular weight is 286 g/mol. The smallest absolute Gasteiger partial charge is 0.115 e. The van der Waals surface area contributed by atoms with E-state index in [1.54, 1.807) is 12.4 Å². The van der Waals surface area contributed by atoms with Crippen molar-refractivity contribution in [3.63, 3.8) is 0 Å². The Balaban J connectivity index is 2.33. The maximum absolute atomic E-state index is 5.93. The normalized spacial score (nSPS) is 11.2. The van der Waals surface area contributed by atoms with Crippen LogP contribution in [0.3, 0.4) is 0 Å². The van der Waals surface area contributed by atoms with Gasteiger partial charge in [-0.15, -0.1) is 11.6 Å². The van der Waals surface area contributed by atoms with Gasteiger partial charge in [0.25, 0.3) is 0 Å². The van der Waals surface area contributed by atoms with E-state index in [0.29, 0.717) is 5.88 Å². The molecule has 0 aliphatic rings. The van der Waals surface area contributed by atoms with E-state index in [-0.39, 0.29) is 0 Å². The van der Waals surface area contributed by atoms with Gasteiger partial charge < -0.3 is 0 Å². The van der Waals surface area contributed by atoms with E-state index in [2.05, 4.69) is 46.6 Å². The van der Waals surface area contributed by atoms with Crippen molar-refractivity contribution < 1.29 is 0 Å². The van der Waals surface area contributed by atoms with E-state index in [1.165, 1.54) is 16.8 Å². The Morgan fingerprint density at radius 3 is 2.85 bits per heavy atom. The van der Waals surface area contributed by atoms with Crippen molar-refractivity contribution in [3.8, 4) is 5.69 Å². The van der Waals surface area contributed by atoms with Crippen molar-refractivity contribution in [2.24, 2.45) is 0 Å². The highest BCUT2D eigenvalue weighted by Crippen LogP contribution is 2.24. The Kier molecular flexibility index (Phi) is 3.45. The molecule has 20 heavy (non-hydrogen) atoms. The van der Waals surface area contributed by atoms with Crippen LogP contribution in [0.25, 0.3) is 16.7 Å². The Morgan fingerprint density at radius 1 is 1.20 bits per heavy atom. The Hall–Kier alpha value is -1.87. The summed E-state index contributed by atoms with van der Waals surface area (Å²) in [6.45, 7) is 4.22. The molecule has 4 heteroatoms. The predicted octanol–water partition coefficient (Wildman–Crippen LogP) is 3.82. The molecule has 0 amide bonds. The van der Waals surface area contributed by atoms with E-state index in [4.69, 9.17) is 11.6 Å². The summed E-state index contributed by atoms with van der Waals surface area (Å²) in [5.41, 5.74) is 5.61. The van der Waals surface area contributed by atoms with Gasteiger partial charge in [0, 0.05) is 18.5 Å². The maximum Gasteiger partial charge on any atom is 0.115 e. The number of alkyl halides is 1. The molecule has 0 spiro atoms. The van der Waals surface area contributed by atoms with Crippen LogP contribution in [0.15, 0.2) is 36.7 Å². The lowest BCUT2D eigenvalue weighted by Gasteiger charge is -2.12. The summed E-state index contributed by atoms with van der Waals surface area (Å²) in [6.07, 6.45) is 4.34. The lowest BCUT2D eigenvalue weighted by Crippen LogP contribution is -2.04. The van der Waals surface area contributed by atoms with Gasteiger partial charge in [0.05, 0.1) is 17.4 Å². The summed E-state index contributed by atoms with van der Waals surface area (Å²) in [4.78, 5) is 8.82. The molecule has 0 aliphatic heterocycles. The highest BCUT2D eigenvalue weighted by molar-refractivity contribution is 6.17. The van der Waals surface area contributed by atoms with Crippen LogP contribution in [0, 0.1) is 13.8 Å². The Morgan fingerprint density at radius 2 is 2.05 bits per heavy atom. The summed E-state index contributed by atoms with van der Waals surface area (Å²) in [7, 11) is 0. The average Bonchev–Trinajstić information content (AvgIpc) is 2.80. The number of aryl methyl sites for hydroxylation is 3. The number of benzene rings is 1. The summed E-state index contributed by atoms with van der Waals surface area (Å²) < 4.78 is 2.20. The van der Waals surface area contributed by atoms with Crippen molar-refractivity contribution in [2.75, 3.05) is 5.88 Å². The monoisotopic (exact) mass is 285 g/mol. The Labute approximate surface area is 123 Å². The van der Waals surface area contributed by atoms with E-state index in [9.17, 15) is 0 Å². The largest absolute Gasteiger partial charge is 0.296 e. The number of hydrogen-bond acceptors (Lipinski definition) is 2. The van der Waals surface area contributed by atoms with E-state index < -0.39 is 0 Å². The van der Waals surface area contributed by atoms with Crippen LogP contribution >= 0.6 is 11.6 Å². The molecule has 2 aromatic heterocycles. The van der Waals surface area contributed by atoms with Gasteiger partial charge in [0.1, 0.15) is 11.3 Å². The first-order chi connectivity index (χ1) is 9.70. The van der Waals surface area contributed by atoms with Crippen LogP contribution in [0.1, 0.15) is 17.0 Å². The van der Waals surface area contributed by atoms with E-state index in [0.717, 1.165) is 23.3 Å². The first kappa shape index (κ1) is 13.1. The second kappa shape index (κ2) is 5.25. The first-order valence-corrected chi connectivity index (χ1v) is 7.19. The molecule has 0 bridgehead atoms. The standard InChI is InChI=1S/C16H16ClN3/c1-11-3-4-12(2)15(9-11)20-14-6-8-18-10-13(14)19-16(20)5-7-17/h3-4,6,8-10H,5,7H2,1-2H3. The fourth-order valence-electron chi connectivity index (χ4n) is 2.46. The van der Waals surface area contributed by atoms with Crippen molar-refractivity contribution in [1.29, 1.82) is 0 Å². The summed E-state index contributed by atoms with van der Waals surface area (Å²) in [5.74, 6) is 1.54. The van der Waals surface area contributed by atoms with Gasteiger partial charge in [-0.05, 0) is 37.1 Å². The molecule has 0 unspecified atom stereocenters. The second-order valence-corrected chi connectivity index (χ2v) is 5.33. The van der Waals surface area contributed by atoms with Gasteiger partial charge in [-0.3, -0.25) is 9.55 Å². The Bertz CT molecular complexity index is 762. The maximum atomic E-state index is 5.93. The third-order valence-corrected chi connectivity index (χ3v) is 3.64. The summed E-state index contributed by atoms with van der Waals surface area (Å²) in [6, 6.07) is 8.46. The highest BCUT2D eigenvalue weighted by Gasteiger charge is 2.13.